The van der Waals surface area contributed by atoms with Gasteiger partial charge in [-0.1, -0.05) is 11.6 Å². The number of nitrogens with zero attached hydrogens (tertiary/aromatic N) is 1. The summed E-state index contributed by atoms with van der Waals surface area (Å²) in [5, 5.41) is 3.10. The first-order valence-corrected chi connectivity index (χ1v) is 14.7. The van der Waals surface area contributed by atoms with Gasteiger partial charge in [-0.15, -0.1) is 0 Å². The number of halogens is 1. The molecule has 37 heavy (non-hydrogen) atoms. The number of benzene rings is 3. The van der Waals surface area contributed by atoms with Crippen molar-refractivity contribution in [2.75, 3.05) is 33.8 Å². The Morgan fingerprint density at radius 2 is 1.49 bits per heavy atom. The van der Waals surface area contributed by atoms with Crippen molar-refractivity contribution >= 4 is 54.6 Å². The van der Waals surface area contributed by atoms with Gasteiger partial charge in [0.25, 0.3) is 10.0 Å². The SMILES string of the molecule is C[C@@H](C(=O)Nc1ccc(S(=O)(=O)Nc2ccc(Cl)cc2)cc1)N(c1ccc2c(c1)OCCO2)S(C)(=O)=O. The average molecular weight is 566 g/mol. The van der Waals surface area contributed by atoms with Crippen LogP contribution in [0.5, 0.6) is 11.5 Å². The lowest BCUT2D eigenvalue weighted by Crippen LogP contribution is -2.45. The molecule has 3 aromatic carbocycles. The minimum atomic E-state index is -3.88. The zero-order valence-corrected chi connectivity index (χ0v) is 22.2. The van der Waals surface area contributed by atoms with Crippen LogP contribution in [0.15, 0.2) is 71.6 Å². The number of rotatable bonds is 8. The van der Waals surface area contributed by atoms with E-state index in [2.05, 4.69) is 10.0 Å². The van der Waals surface area contributed by atoms with E-state index >= 15 is 0 Å². The molecule has 0 aliphatic carbocycles. The Bertz CT molecular complexity index is 1510. The molecular formula is C24H24ClN3O7S2. The fourth-order valence-corrected chi connectivity index (χ4v) is 6.03. The van der Waals surface area contributed by atoms with Crippen molar-refractivity contribution in [3.8, 4) is 11.5 Å². The van der Waals surface area contributed by atoms with E-state index in [1.165, 1.54) is 55.5 Å². The van der Waals surface area contributed by atoms with Crippen molar-refractivity contribution in [3.05, 3.63) is 71.8 Å². The zero-order chi connectivity index (χ0) is 26.8. The van der Waals surface area contributed by atoms with E-state index in [9.17, 15) is 21.6 Å². The van der Waals surface area contributed by atoms with Crippen LogP contribution >= 0.6 is 11.6 Å². The normalized spacial score (nSPS) is 13.9. The Hall–Kier alpha value is -3.48. The van der Waals surface area contributed by atoms with Crippen LogP contribution in [0.2, 0.25) is 5.02 Å². The number of amides is 1. The molecule has 1 aliphatic rings. The van der Waals surface area contributed by atoms with Gasteiger partial charge < -0.3 is 14.8 Å². The van der Waals surface area contributed by atoms with Crippen molar-refractivity contribution in [2.24, 2.45) is 0 Å². The van der Waals surface area contributed by atoms with E-state index in [1.54, 1.807) is 18.2 Å². The average Bonchev–Trinajstić information content (AvgIpc) is 2.85. The van der Waals surface area contributed by atoms with Gasteiger partial charge in [0, 0.05) is 22.5 Å². The summed E-state index contributed by atoms with van der Waals surface area (Å²) in [7, 11) is -7.74. The maximum Gasteiger partial charge on any atom is 0.261 e. The van der Waals surface area contributed by atoms with Crippen LogP contribution in [0.4, 0.5) is 17.1 Å². The molecule has 0 bridgehead atoms. The van der Waals surface area contributed by atoms with Gasteiger partial charge in [-0.2, -0.15) is 0 Å². The Kier molecular flexibility index (Phi) is 7.53. The lowest BCUT2D eigenvalue weighted by atomic mass is 10.2. The van der Waals surface area contributed by atoms with Gasteiger partial charge in [-0.25, -0.2) is 16.8 Å². The van der Waals surface area contributed by atoms with E-state index in [1.807, 2.05) is 0 Å². The molecule has 1 amide bonds. The molecule has 1 atom stereocenters. The number of hydrogen-bond acceptors (Lipinski definition) is 7. The first kappa shape index (κ1) is 26.6. The highest BCUT2D eigenvalue weighted by molar-refractivity contribution is 7.92. The lowest BCUT2D eigenvalue weighted by Gasteiger charge is -2.29. The third-order valence-corrected chi connectivity index (χ3v) is 8.29. The van der Waals surface area contributed by atoms with Gasteiger partial charge in [-0.3, -0.25) is 13.8 Å². The summed E-state index contributed by atoms with van der Waals surface area (Å²) >= 11 is 5.83. The minimum Gasteiger partial charge on any atom is -0.486 e. The Labute approximate surface area is 220 Å². The third kappa shape index (κ3) is 6.27. The number of fused-ring (bicyclic) bond motifs is 1. The maximum atomic E-state index is 13.0. The predicted octanol–water partition coefficient (Wildman–Crippen LogP) is 3.71. The number of hydrogen-bond donors (Lipinski definition) is 2. The van der Waals surface area contributed by atoms with Gasteiger partial charge in [0.1, 0.15) is 19.3 Å². The highest BCUT2D eigenvalue weighted by atomic mass is 35.5. The van der Waals surface area contributed by atoms with E-state index in [0.717, 1.165) is 10.6 Å². The molecule has 0 aromatic heterocycles. The Morgan fingerprint density at radius 1 is 0.892 bits per heavy atom. The molecule has 0 spiro atoms. The second-order valence-corrected chi connectivity index (χ2v) is 12.2. The second kappa shape index (κ2) is 10.5. The van der Waals surface area contributed by atoms with Gasteiger partial charge in [0.15, 0.2) is 11.5 Å². The van der Waals surface area contributed by atoms with Gasteiger partial charge in [0.05, 0.1) is 16.8 Å². The molecule has 3 aromatic rings. The number of carbonyl (C=O) groups excluding carboxylic acids is 1. The number of anilines is 3. The fraction of sp³-hybridized carbons (Fsp3) is 0.208. The monoisotopic (exact) mass is 565 g/mol. The van der Waals surface area contributed by atoms with Gasteiger partial charge in [-0.05, 0) is 67.6 Å². The molecule has 0 unspecified atom stereocenters. The summed E-state index contributed by atoms with van der Waals surface area (Å²) in [5.74, 6) is 0.255. The smallest absolute Gasteiger partial charge is 0.261 e. The van der Waals surface area contributed by atoms with Crippen molar-refractivity contribution in [1.29, 1.82) is 0 Å². The molecule has 0 fully saturated rings. The minimum absolute atomic E-state index is 0.0254. The number of carbonyl (C=O) groups is 1. The molecule has 0 saturated heterocycles. The van der Waals surface area contributed by atoms with Crippen LogP contribution in [0, 0.1) is 0 Å². The van der Waals surface area contributed by atoms with Crippen LogP contribution in [0.25, 0.3) is 0 Å². The number of ether oxygens (including phenoxy) is 2. The zero-order valence-electron chi connectivity index (χ0n) is 19.8. The van der Waals surface area contributed by atoms with Crippen molar-refractivity contribution in [3.63, 3.8) is 0 Å². The van der Waals surface area contributed by atoms with Crippen LogP contribution < -0.4 is 23.8 Å². The summed E-state index contributed by atoms with van der Waals surface area (Å²) in [5.41, 5.74) is 0.873. The second-order valence-electron chi connectivity index (χ2n) is 8.19. The summed E-state index contributed by atoms with van der Waals surface area (Å²) < 4.78 is 65.0. The van der Waals surface area contributed by atoms with Crippen LogP contribution in [-0.4, -0.2) is 48.3 Å². The summed E-state index contributed by atoms with van der Waals surface area (Å²) in [6.45, 7) is 2.16. The van der Waals surface area contributed by atoms with Crippen molar-refractivity contribution < 1.29 is 31.1 Å². The van der Waals surface area contributed by atoms with Crippen LogP contribution in [-0.2, 0) is 24.8 Å². The predicted molar refractivity (Wildman–Crippen MR) is 142 cm³/mol. The largest absolute Gasteiger partial charge is 0.486 e. The van der Waals surface area contributed by atoms with E-state index in [-0.39, 0.29) is 16.3 Å². The maximum absolute atomic E-state index is 13.0. The fourth-order valence-electron chi connectivity index (χ4n) is 3.67. The summed E-state index contributed by atoms with van der Waals surface area (Å²) in [6.07, 6.45) is 1.00. The summed E-state index contributed by atoms with van der Waals surface area (Å²) in [4.78, 5) is 13.0. The van der Waals surface area contributed by atoms with E-state index in [4.69, 9.17) is 21.1 Å². The third-order valence-electron chi connectivity index (χ3n) is 5.40. The number of nitrogens with one attached hydrogen (secondary N) is 2. The van der Waals surface area contributed by atoms with Crippen molar-refractivity contribution in [1.82, 2.24) is 0 Å². The van der Waals surface area contributed by atoms with E-state index in [0.29, 0.717) is 35.4 Å². The lowest BCUT2D eigenvalue weighted by molar-refractivity contribution is -0.116. The topological polar surface area (TPSA) is 131 Å². The molecule has 13 heteroatoms. The van der Waals surface area contributed by atoms with Gasteiger partial charge in [0.2, 0.25) is 15.9 Å². The van der Waals surface area contributed by atoms with Crippen LogP contribution in [0.1, 0.15) is 6.92 Å². The molecule has 196 valence electrons. The first-order chi connectivity index (χ1) is 17.4. The molecular weight excluding hydrogens is 542 g/mol. The van der Waals surface area contributed by atoms with Gasteiger partial charge >= 0.3 is 0 Å². The molecule has 1 heterocycles. The highest BCUT2D eigenvalue weighted by Crippen LogP contribution is 2.35. The van der Waals surface area contributed by atoms with Crippen LogP contribution in [0.3, 0.4) is 0 Å². The molecule has 0 radical (unpaired) electrons. The molecule has 10 nitrogen and oxygen atoms in total. The Balaban J connectivity index is 1.49. The highest BCUT2D eigenvalue weighted by Gasteiger charge is 2.30. The first-order valence-electron chi connectivity index (χ1n) is 11.0. The van der Waals surface area contributed by atoms with E-state index < -0.39 is 32.0 Å². The quantitative estimate of drug-likeness (QED) is 0.425. The Morgan fingerprint density at radius 3 is 2.11 bits per heavy atom. The summed E-state index contributed by atoms with van der Waals surface area (Å²) in [6, 6.07) is 15.2. The molecule has 4 rings (SSSR count). The van der Waals surface area contributed by atoms with Crippen molar-refractivity contribution in [2.45, 2.75) is 17.9 Å². The standard InChI is InChI=1S/C24H24ClN3O7S2/c1-16(28(36(2,30)31)20-9-12-22-23(15-20)35-14-13-34-22)24(29)26-18-7-10-21(11-8-18)37(32,33)27-19-5-3-17(25)4-6-19/h3-12,15-16,27H,13-14H2,1-2H3,(H,26,29)/t16-/m0/s1. The number of sulfonamides is 2. The molecule has 0 saturated carbocycles. The molecule has 2 N–H and O–H groups in total. The molecule has 1 aliphatic heterocycles.